The average Bonchev–Trinajstić information content (AvgIpc) is 3.30. The molecule has 24 heavy (non-hydrogen) atoms. The van der Waals surface area contributed by atoms with Gasteiger partial charge in [0.05, 0.1) is 6.04 Å². The largest absolute Gasteiger partial charge is 0.363 e. The van der Waals surface area contributed by atoms with E-state index in [9.17, 15) is 9.59 Å². The SMILES string of the molecule is O=C(NCC(c1ccsc1)N1CCCCC1)C(=O)Nc1ccon1. The van der Waals surface area contributed by atoms with Crippen LogP contribution in [0.25, 0.3) is 0 Å². The number of hydrogen-bond acceptors (Lipinski definition) is 6. The molecule has 0 saturated carbocycles. The summed E-state index contributed by atoms with van der Waals surface area (Å²) in [5.74, 6) is -1.19. The van der Waals surface area contributed by atoms with Crippen LogP contribution in [0.5, 0.6) is 0 Å². The number of amides is 2. The Balaban J connectivity index is 1.58. The molecular weight excluding hydrogens is 328 g/mol. The molecule has 1 aliphatic heterocycles. The van der Waals surface area contributed by atoms with Crippen molar-refractivity contribution in [3.05, 3.63) is 34.7 Å². The van der Waals surface area contributed by atoms with Crippen molar-refractivity contribution in [3.8, 4) is 0 Å². The zero-order valence-electron chi connectivity index (χ0n) is 13.2. The fourth-order valence-electron chi connectivity index (χ4n) is 2.87. The summed E-state index contributed by atoms with van der Waals surface area (Å²) >= 11 is 1.64. The number of anilines is 1. The summed E-state index contributed by atoms with van der Waals surface area (Å²) in [4.78, 5) is 26.3. The van der Waals surface area contributed by atoms with Crippen molar-refractivity contribution < 1.29 is 14.1 Å². The van der Waals surface area contributed by atoms with Gasteiger partial charge in [0.1, 0.15) is 6.26 Å². The van der Waals surface area contributed by atoms with Gasteiger partial charge in [0.2, 0.25) is 0 Å². The third-order valence-electron chi connectivity index (χ3n) is 4.10. The Kier molecular flexibility index (Phi) is 5.60. The number of carbonyl (C=O) groups is 2. The minimum atomic E-state index is -0.744. The van der Waals surface area contributed by atoms with Gasteiger partial charge < -0.3 is 9.84 Å². The normalized spacial score (nSPS) is 16.5. The van der Waals surface area contributed by atoms with Crippen molar-refractivity contribution in [1.29, 1.82) is 0 Å². The molecule has 0 aromatic carbocycles. The van der Waals surface area contributed by atoms with Crippen LogP contribution in [0.1, 0.15) is 30.9 Å². The lowest BCUT2D eigenvalue weighted by molar-refractivity contribution is -0.136. The predicted octanol–water partition coefficient (Wildman–Crippen LogP) is 2.02. The molecule has 0 bridgehead atoms. The van der Waals surface area contributed by atoms with Crippen molar-refractivity contribution in [2.75, 3.05) is 25.0 Å². The van der Waals surface area contributed by atoms with Gasteiger partial charge in [-0.2, -0.15) is 11.3 Å². The third kappa shape index (κ3) is 4.21. The van der Waals surface area contributed by atoms with E-state index in [-0.39, 0.29) is 11.9 Å². The van der Waals surface area contributed by atoms with Gasteiger partial charge in [-0.1, -0.05) is 11.6 Å². The molecule has 2 amide bonds. The number of aromatic nitrogens is 1. The second-order valence-electron chi connectivity index (χ2n) is 5.72. The minimum Gasteiger partial charge on any atom is -0.363 e. The van der Waals surface area contributed by atoms with Crippen LogP contribution in [0.2, 0.25) is 0 Å². The molecule has 2 aromatic heterocycles. The maximum absolute atomic E-state index is 12.0. The van der Waals surface area contributed by atoms with E-state index in [0.29, 0.717) is 6.54 Å². The standard InChI is InChI=1S/C16H20N4O3S/c21-15(16(22)18-14-4-8-23-19-14)17-10-13(12-5-9-24-11-12)20-6-2-1-3-7-20/h4-5,8-9,11,13H,1-3,6-7,10H2,(H,17,21)(H,18,19,22). The van der Waals surface area contributed by atoms with Gasteiger partial charge in [-0.15, -0.1) is 0 Å². The first-order chi connectivity index (χ1) is 11.7. The molecule has 1 saturated heterocycles. The number of likely N-dealkylation sites (tertiary alicyclic amines) is 1. The van der Waals surface area contributed by atoms with Crippen LogP contribution in [0.3, 0.4) is 0 Å². The van der Waals surface area contributed by atoms with E-state index >= 15 is 0 Å². The highest BCUT2D eigenvalue weighted by Crippen LogP contribution is 2.25. The number of nitrogens with one attached hydrogen (secondary N) is 2. The van der Waals surface area contributed by atoms with E-state index in [1.165, 1.54) is 37.2 Å². The van der Waals surface area contributed by atoms with Crippen molar-refractivity contribution in [2.24, 2.45) is 0 Å². The molecule has 3 heterocycles. The van der Waals surface area contributed by atoms with E-state index in [1.54, 1.807) is 11.3 Å². The molecule has 3 rings (SSSR count). The summed E-state index contributed by atoms with van der Waals surface area (Å²) in [5.41, 5.74) is 1.18. The Morgan fingerprint density at radius 1 is 1.25 bits per heavy atom. The summed E-state index contributed by atoms with van der Waals surface area (Å²) in [6, 6.07) is 3.65. The summed E-state index contributed by atoms with van der Waals surface area (Å²) in [5, 5.41) is 12.8. The smallest absolute Gasteiger partial charge is 0.314 e. The lowest BCUT2D eigenvalue weighted by atomic mass is 10.0. The average molecular weight is 348 g/mol. The molecule has 2 aromatic rings. The number of piperidine rings is 1. The number of hydrogen-bond donors (Lipinski definition) is 2. The van der Waals surface area contributed by atoms with Crippen LogP contribution in [0.4, 0.5) is 5.82 Å². The summed E-state index contributed by atoms with van der Waals surface area (Å²) < 4.78 is 4.62. The summed E-state index contributed by atoms with van der Waals surface area (Å²) in [6.07, 6.45) is 4.91. The monoisotopic (exact) mass is 348 g/mol. The van der Waals surface area contributed by atoms with Gasteiger partial charge in [-0.25, -0.2) is 0 Å². The van der Waals surface area contributed by atoms with Gasteiger partial charge in [0.15, 0.2) is 5.82 Å². The number of carbonyl (C=O) groups excluding carboxylic acids is 2. The van der Waals surface area contributed by atoms with Crippen LogP contribution in [0.15, 0.2) is 33.7 Å². The highest BCUT2D eigenvalue weighted by Gasteiger charge is 2.24. The zero-order chi connectivity index (χ0) is 16.8. The topological polar surface area (TPSA) is 87.5 Å². The van der Waals surface area contributed by atoms with Gasteiger partial charge in [-0.3, -0.25) is 19.8 Å². The lowest BCUT2D eigenvalue weighted by Crippen LogP contribution is -2.43. The fraction of sp³-hybridized carbons (Fsp3) is 0.438. The van der Waals surface area contributed by atoms with Crippen molar-refractivity contribution >= 4 is 29.0 Å². The minimum absolute atomic E-state index is 0.0975. The Bertz CT molecular complexity index is 651. The molecule has 0 radical (unpaired) electrons. The van der Waals surface area contributed by atoms with Crippen LogP contribution in [-0.2, 0) is 9.59 Å². The molecule has 8 heteroatoms. The molecular formula is C16H20N4O3S. The van der Waals surface area contributed by atoms with E-state index in [0.717, 1.165) is 13.1 Å². The molecule has 2 N–H and O–H groups in total. The Hall–Kier alpha value is -2.19. The first-order valence-corrected chi connectivity index (χ1v) is 8.94. The fourth-order valence-corrected chi connectivity index (χ4v) is 3.58. The van der Waals surface area contributed by atoms with E-state index < -0.39 is 11.8 Å². The van der Waals surface area contributed by atoms with E-state index in [1.807, 2.05) is 5.38 Å². The zero-order valence-corrected chi connectivity index (χ0v) is 14.1. The van der Waals surface area contributed by atoms with Crippen molar-refractivity contribution in [1.82, 2.24) is 15.4 Å². The van der Waals surface area contributed by atoms with E-state index in [2.05, 4.69) is 36.7 Å². The molecule has 1 aliphatic rings. The van der Waals surface area contributed by atoms with Crippen LogP contribution in [-0.4, -0.2) is 41.5 Å². The third-order valence-corrected chi connectivity index (χ3v) is 4.80. The Morgan fingerprint density at radius 3 is 2.75 bits per heavy atom. The number of nitrogens with zero attached hydrogens (tertiary/aromatic N) is 2. The van der Waals surface area contributed by atoms with Crippen LogP contribution < -0.4 is 10.6 Å². The number of rotatable bonds is 5. The predicted molar refractivity (Wildman–Crippen MR) is 90.6 cm³/mol. The first-order valence-electron chi connectivity index (χ1n) is 8.00. The Labute approximate surface area is 144 Å². The highest BCUT2D eigenvalue weighted by atomic mass is 32.1. The van der Waals surface area contributed by atoms with Gasteiger partial charge in [0, 0.05) is 12.6 Å². The quantitative estimate of drug-likeness (QED) is 0.807. The molecule has 1 fully saturated rings. The molecule has 128 valence electrons. The molecule has 0 aliphatic carbocycles. The maximum atomic E-state index is 12.0. The molecule has 1 unspecified atom stereocenters. The summed E-state index contributed by atoms with van der Waals surface area (Å²) in [7, 11) is 0. The Morgan fingerprint density at radius 2 is 2.08 bits per heavy atom. The van der Waals surface area contributed by atoms with Crippen molar-refractivity contribution in [2.45, 2.75) is 25.3 Å². The molecule has 0 spiro atoms. The van der Waals surface area contributed by atoms with Crippen LogP contribution in [0, 0.1) is 0 Å². The lowest BCUT2D eigenvalue weighted by Gasteiger charge is -2.34. The second-order valence-corrected chi connectivity index (χ2v) is 6.50. The molecule has 1 atom stereocenters. The molecule has 7 nitrogen and oxygen atoms in total. The van der Waals surface area contributed by atoms with Gasteiger partial charge in [-0.05, 0) is 48.3 Å². The van der Waals surface area contributed by atoms with E-state index in [4.69, 9.17) is 0 Å². The van der Waals surface area contributed by atoms with Crippen molar-refractivity contribution in [3.63, 3.8) is 0 Å². The second kappa shape index (κ2) is 8.07. The van der Waals surface area contributed by atoms with Gasteiger partial charge >= 0.3 is 11.8 Å². The highest BCUT2D eigenvalue weighted by molar-refractivity contribution is 7.07. The van der Waals surface area contributed by atoms with Crippen LogP contribution >= 0.6 is 11.3 Å². The maximum Gasteiger partial charge on any atom is 0.314 e. The van der Waals surface area contributed by atoms with Gasteiger partial charge in [0.25, 0.3) is 0 Å². The summed E-state index contributed by atoms with van der Waals surface area (Å²) in [6.45, 7) is 2.44. The first kappa shape index (κ1) is 16.7. The number of thiophene rings is 1.